The highest BCUT2D eigenvalue weighted by Gasteiger charge is 2.20. The Labute approximate surface area is 126 Å². The molecule has 7 nitrogen and oxygen atoms in total. The molecule has 0 aliphatic carbocycles. The standard InChI is InChI=1S/C13H26N4O3S/c1-4-7-20-8-5-6-16-21(18,19)13-12(10-15-17-13)9-14-11(2)3/h10-11,14,16H,4-9H2,1-3H3,(H,15,17). The molecule has 0 unspecified atom stereocenters. The van der Waals surface area contributed by atoms with Crippen LogP contribution < -0.4 is 10.0 Å². The zero-order chi connectivity index (χ0) is 15.7. The molecule has 1 aromatic rings. The van der Waals surface area contributed by atoms with Crippen LogP contribution in [-0.2, 0) is 21.3 Å². The van der Waals surface area contributed by atoms with E-state index in [0.29, 0.717) is 38.3 Å². The van der Waals surface area contributed by atoms with E-state index in [1.165, 1.54) is 6.20 Å². The smallest absolute Gasteiger partial charge is 0.257 e. The van der Waals surface area contributed by atoms with Gasteiger partial charge in [0.05, 0.1) is 6.20 Å². The van der Waals surface area contributed by atoms with Crippen LogP contribution in [0.15, 0.2) is 11.2 Å². The largest absolute Gasteiger partial charge is 0.381 e. The van der Waals surface area contributed by atoms with Crippen LogP contribution in [0.3, 0.4) is 0 Å². The molecule has 0 fully saturated rings. The highest BCUT2D eigenvalue weighted by atomic mass is 32.2. The van der Waals surface area contributed by atoms with Crippen LogP contribution in [0.2, 0.25) is 0 Å². The maximum atomic E-state index is 12.2. The summed E-state index contributed by atoms with van der Waals surface area (Å²) in [7, 11) is -3.55. The molecule has 1 heterocycles. The molecular weight excluding hydrogens is 292 g/mol. The van der Waals surface area contributed by atoms with E-state index in [9.17, 15) is 8.42 Å². The zero-order valence-electron chi connectivity index (χ0n) is 13.0. The molecule has 0 atom stereocenters. The molecule has 8 heteroatoms. The normalized spacial score (nSPS) is 12.2. The van der Waals surface area contributed by atoms with Gasteiger partial charge in [-0.25, -0.2) is 13.1 Å². The first-order valence-electron chi connectivity index (χ1n) is 7.30. The second kappa shape index (κ2) is 9.14. The highest BCUT2D eigenvalue weighted by Crippen LogP contribution is 2.11. The summed E-state index contributed by atoms with van der Waals surface area (Å²) in [5.41, 5.74) is 0.637. The van der Waals surface area contributed by atoms with E-state index < -0.39 is 10.0 Å². The molecule has 0 amide bonds. The number of hydrogen-bond acceptors (Lipinski definition) is 5. The van der Waals surface area contributed by atoms with E-state index in [4.69, 9.17) is 4.74 Å². The van der Waals surface area contributed by atoms with Gasteiger partial charge in [-0.05, 0) is 12.8 Å². The number of rotatable bonds is 11. The molecule has 0 radical (unpaired) electrons. The van der Waals surface area contributed by atoms with Crippen molar-refractivity contribution in [2.45, 2.75) is 51.2 Å². The summed E-state index contributed by atoms with van der Waals surface area (Å²) in [5, 5.41) is 9.69. The number of aromatic amines is 1. The first-order chi connectivity index (χ1) is 9.97. The summed E-state index contributed by atoms with van der Waals surface area (Å²) < 4.78 is 32.3. The van der Waals surface area contributed by atoms with Crippen molar-refractivity contribution >= 4 is 10.0 Å². The van der Waals surface area contributed by atoms with Crippen LogP contribution in [0.25, 0.3) is 0 Å². The van der Waals surface area contributed by atoms with Crippen LogP contribution in [-0.4, -0.2) is 44.4 Å². The lowest BCUT2D eigenvalue weighted by molar-refractivity contribution is 0.133. The third kappa shape index (κ3) is 6.56. The monoisotopic (exact) mass is 318 g/mol. The van der Waals surface area contributed by atoms with Crippen molar-refractivity contribution in [2.75, 3.05) is 19.8 Å². The van der Waals surface area contributed by atoms with Gasteiger partial charge >= 0.3 is 0 Å². The molecule has 0 saturated heterocycles. The van der Waals surface area contributed by atoms with Gasteiger partial charge in [-0.2, -0.15) is 5.10 Å². The van der Waals surface area contributed by atoms with Gasteiger partial charge in [-0.1, -0.05) is 20.8 Å². The van der Waals surface area contributed by atoms with Crippen molar-refractivity contribution in [3.63, 3.8) is 0 Å². The number of ether oxygens (including phenoxy) is 1. The van der Waals surface area contributed by atoms with E-state index in [1.807, 2.05) is 20.8 Å². The molecule has 0 saturated carbocycles. The van der Waals surface area contributed by atoms with Gasteiger partial charge in [-0.3, -0.25) is 5.10 Å². The van der Waals surface area contributed by atoms with Gasteiger partial charge in [-0.15, -0.1) is 0 Å². The van der Waals surface area contributed by atoms with Crippen LogP contribution in [0, 0.1) is 0 Å². The van der Waals surface area contributed by atoms with Gasteiger partial charge < -0.3 is 10.1 Å². The molecule has 0 aliphatic rings. The topological polar surface area (TPSA) is 96.1 Å². The molecule has 122 valence electrons. The zero-order valence-corrected chi connectivity index (χ0v) is 13.8. The Kier molecular flexibility index (Phi) is 7.87. The van der Waals surface area contributed by atoms with Crippen molar-refractivity contribution in [1.82, 2.24) is 20.2 Å². The summed E-state index contributed by atoms with van der Waals surface area (Å²) in [4.78, 5) is 0. The van der Waals surface area contributed by atoms with Crippen LogP contribution in [0.4, 0.5) is 0 Å². The number of hydrogen-bond donors (Lipinski definition) is 3. The number of sulfonamides is 1. The van der Waals surface area contributed by atoms with E-state index in [0.717, 1.165) is 6.42 Å². The number of nitrogens with one attached hydrogen (secondary N) is 3. The molecule has 0 bridgehead atoms. The Hall–Kier alpha value is -0.960. The molecule has 21 heavy (non-hydrogen) atoms. The average molecular weight is 318 g/mol. The lowest BCUT2D eigenvalue weighted by Gasteiger charge is -2.09. The summed E-state index contributed by atoms with van der Waals surface area (Å²) in [6, 6.07) is 0.277. The third-order valence-corrected chi connectivity index (χ3v) is 4.23. The Balaban J connectivity index is 2.48. The number of H-pyrrole nitrogens is 1. The molecule has 0 aromatic carbocycles. The quantitative estimate of drug-likeness (QED) is 0.529. The van der Waals surface area contributed by atoms with Crippen molar-refractivity contribution < 1.29 is 13.2 Å². The first-order valence-corrected chi connectivity index (χ1v) is 8.78. The lowest BCUT2D eigenvalue weighted by Crippen LogP contribution is -2.28. The fourth-order valence-corrected chi connectivity index (χ4v) is 2.87. The Morgan fingerprint density at radius 2 is 2.14 bits per heavy atom. The van der Waals surface area contributed by atoms with Crippen LogP contribution >= 0.6 is 0 Å². The van der Waals surface area contributed by atoms with E-state index in [1.54, 1.807) is 0 Å². The molecule has 1 rings (SSSR count). The average Bonchev–Trinajstić information content (AvgIpc) is 2.89. The Morgan fingerprint density at radius 3 is 2.81 bits per heavy atom. The minimum Gasteiger partial charge on any atom is -0.381 e. The fourth-order valence-electron chi connectivity index (χ4n) is 1.67. The van der Waals surface area contributed by atoms with Crippen molar-refractivity contribution in [3.8, 4) is 0 Å². The van der Waals surface area contributed by atoms with E-state index in [2.05, 4.69) is 20.2 Å². The first kappa shape index (κ1) is 18.1. The predicted molar refractivity (Wildman–Crippen MR) is 81.5 cm³/mol. The van der Waals surface area contributed by atoms with Gasteiger partial charge in [0.25, 0.3) is 10.0 Å². The summed E-state index contributed by atoms with van der Waals surface area (Å²) in [6.45, 7) is 8.12. The summed E-state index contributed by atoms with van der Waals surface area (Å²) in [5.74, 6) is 0. The molecule has 3 N–H and O–H groups in total. The van der Waals surface area contributed by atoms with Crippen LogP contribution in [0.1, 0.15) is 39.2 Å². The Morgan fingerprint density at radius 1 is 1.38 bits per heavy atom. The molecule has 0 aliphatic heterocycles. The van der Waals surface area contributed by atoms with Gasteiger partial charge in [0, 0.05) is 37.9 Å². The molecule has 1 aromatic heterocycles. The second-order valence-electron chi connectivity index (χ2n) is 5.12. The summed E-state index contributed by atoms with van der Waals surface area (Å²) in [6.07, 6.45) is 3.15. The minimum atomic E-state index is -3.55. The lowest BCUT2D eigenvalue weighted by atomic mass is 10.3. The predicted octanol–water partition coefficient (Wildman–Crippen LogP) is 1.00. The fraction of sp³-hybridized carbons (Fsp3) is 0.769. The van der Waals surface area contributed by atoms with E-state index in [-0.39, 0.29) is 11.1 Å². The van der Waals surface area contributed by atoms with Crippen molar-refractivity contribution in [1.29, 1.82) is 0 Å². The van der Waals surface area contributed by atoms with Crippen LogP contribution in [0.5, 0.6) is 0 Å². The highest BCUT2D eigenvalue weighted by molar-refractivity contribution is 7.89. The van der Waals surface area contributed by atoms with Crippen molar-refractivity contribution in [2.24, 2.45) is 0 Å². The summed E-state index contributed by atoms with van der Waals surface area (Å²) >= 11 is 0. The maximum absolute atomic E-state index is 12.2. The Bertz CT molecular complexity index is 499. The van der Waals surface area contributed by atoms with Gasteiger partial charge in [0.2, 0.25) is 0 Å². The van der Waals surface area contributed by atoms with E-state index >= 15 is 0 Å². The minimum absolute atomic E-state index is 0.130. The molecule has 0 spiro atoms. The third-order valence-electron chi connectivity index (χ3n) is 2.75. The number of aromatic nitrogens is 2. The maximum Gasteiger partial charge on any atom is 0.257 e. The number of nitrogens with zero attached hydrogens (tertiary/aromatic N) is 1. The van der Waals surface area contributed by atoms with Crippen molar-refractivity contribution in [3.05, 3.63) is 11.8 Å². The second-order valence-corrected chi connectivity index (χ2v) is 6.83. The molecular formula is C13H26N4O3S. The van der Waals surface area contributed by atoms with Gasteiger partial charge in [0.1, 0.15) is 0 Å². The SMILES string of the molecule is CCCOCCCNS(=O)(=O)c1[nH]ncc1CNC(C)C. The van der Waals surface area contributed by atoms with Gasteiger partial charge in [0.15, 0.2) is 5.03 Å².